The van der Waals surface area contributed by atoms with Crippen molar-refractivity contribution in [2.45, 2.75) is 63.6 Å². The monoisotopic (exact) mass is 520 g/mol. The van der Waals surface area contributed by atoms with Gasteiger partial charge in [0, 0.05) is 31.2 Å². The van der Waals surface area contributed by atoms with Gasteiger partial charge in [-0.2, -0.15) is 0 Å². The Morgan fingerprint density at radius 3 is 2.73 bits per heavy atom. The van der Waals surface area contributed by atoms with Crippen molar-refractivity contribution in [2.75, 3.05) is 44.9 Å². The number of halogens is 3. The molecule has 1 saturated heterocycles. The van der Waals surface area contributed by atoms with Crippen LogP contribution in [0.5, 0.6) is 11.5 Å². The van der Waals surface area contributed by atoms with Crippen LogP contribution >= 0.6 is 0 Å². The Morgan fingerprint density at radius 2 is 2.00 bits per heavy atom. The van der Waals surface area contributed by atoms with E-state index in [4.69, 9.17) is 9.47 Å². The van der Waals surface area contributed by atoms with E-state index in [1.54, 1.807) is 12.3 Å². The Morgan fingerprint density at radius 1 is 1.22 bits per heavy atom. The second-order valence-corrected chi connectivity index (χ2v) is 10.4. The number of benzene rings is 1. The Kier molecular flexibility index (Phi) is 7.51. The number of hydrogen-bond donors (Lipinski definition) is 2. The fourth-order valence-electron chi connectivity index (χ4n) is 5.67. The average Bonchev–Trinajstić information content (AvgIpc) is 3.51. The van der Waals surface area contributed by atoms with Gasteiger partial charge in [0.15, 0.2) is 11.5 Å². The summed E-state index contributed by atoms with van der Waals surface area (Å²) < 4.78 is 55.6. The summed E-state index contributed by atoms with van der Waals surface area (Å²) >= 11 is 0. The van der Waals surface area contributed by atoms with E-state index in [0.29, 0.717) is 29.2 Å². The summed E-state index contributed by atoms with van der Waals surface area (Å²) in [6.45, 7) is 5.04. The van der Waals surface area contributed by atoms with E-state index in [1.165, 1.54) is 11.0 Å². The molecule has 1 aromatic heterocycles. The highest BCUT2D eigenvalue weighted by Crippen LogP contribution is 2.45. The van der Waals surface area contributed by atoms with Crippen LogP contribution in [0, 0.1) is 5.82 Å². The highest BCUT2D eigenvalue weighted by atomic mass is 19.3. The molecule has 0 aliphatic carbocycles. The fraction of sp³-hybridized carbons (Fsp3) is 0.593. The number of alkyl halides is 2. The van der Waals surface area contributed by atoms with Gasteiger partial charge in [-0.3, -0.25) is 9.88 Å². The Labute approximate surface area is 215 Å². The van der Waals surface area contributed by atoms with Crippen LogP contribution < -0.4 is 14.8 Å². The fourth-order valence-corrected chi connectivity index (χ4v) is 5.67. The van der Waals surface area contributed by atoms with Crippen molar-refractivity contribution in [2.24, 2.45) is 0 Å². The molecule has 3 atom stereocenters. The highest BCUT2D eigenvalue weighted by molar-refractivity contribution is 5.53. The maximum absolute atomic E-state index is 15.7. The van der Waals surface area contributed by atoms with Crippen LogP contribution in [-0.2, 0) is 6.42 Å². The Hall–Kier alpha value is -2.56. The number of anilines is 1. The lowest BCUT2D eigenvalue weighted by atomic mass is 9.86. The second kappa shape index (κ2) is 10.7. The van der Waals surface area contributed by atoms with Gasteiger partial charge < -0.3 is 24.8 Å². The van der Waals surface area contributed by atoms with Gasteiger partial charge in [0.25, 0.3) is 5.92 Å². The predicted octanol–water partition coefficient (Wildman–Crippen LogP) is 4.20. The number of pyridine rings is 1. The lowest BCUT2D eigenvalue weighted by Gasteiger charge is -2.43. The zero-order chi connectivity index (χ0) is 26.2. The van der Waals surface area contributed by atoms with Crippen molar-refractivity contribution >= 4 is 5.69 Å². The summed E-state index contributed by atoms with van der Waals surface area (Å²) in [4.78, 5) is 8.41. The first-order chi connectivity index (χ1) is 17.8. The number of unbranched alkanes of at least 4 members (excludes halogenated alkanes) is 1. The lowest BCUT2D eigenvalue weighted by molar-refractivity contribution is -0.0867. The SMILES string of the molecule is CCCCN1CC[C@H](Nc2cnc([C@@H]3c4cc5c(cc4C[C@@H](C)N3CC(F)(F)CO)OCO5)c(F)c2)C1. The van der Waals surface area contributed by atoms with Crippen molar-refractivity contribution in [3.05, 3.63) is 47.0 Å². The number of fused-ring (bicyclic) bond motifs is 2. The van der Waals surface area contributed by atoms with E-state index in [1.807, 2.05) is 13.0 Å². The molecule has 0 spiro atoms. The number of nitrogens with zero attached hydrogens (tertiary/aromatic N) is 3. The van der Waals surface area contributed by atoms with Crippen LogP contribution in [0.1, 0.15) is 56.0 Å². The molecule has 2 N–H and O–H groups in total. The molecule has 3 aliphatic rings. The normalized spacial score (nSPS) is 23.9. The molecule has 0 radical (unpaired) electrons. The van der Waals surface area contributed by atoms with Crippen LogP contribution in [0.25, 0.3) is 0 Å². The summed E-state index contributed by atoms with van der Waals surface area (Å²) in [5.41, 5.74) is 2.19. The molecule has 3 aliphatic heterocycles. The van der Waals surface area contributed by atoms with Gasteiger partial charge in [0.05, 0.1) is 30.2 Å². The van der Waals surface area contributed by atoms with Gasteiger partial charge in [-0.1, -0.05) is 13.3 Å². The summed E-state index contributed by atoms with van der Waals surface area (Å²) in [6.07, 6.45) is 5.34. The minimum absolute atomic E-state index is 0.0712. The smallest absolute Gasteiger partial charge is 0.283 e. The third-order valence-corrected chi connectivity index (χ3v) is 7.59. The number of likely N-dealkylation sites (tertiary alicyclic amines) is 1. The van der Waals surface area contributed by atoms with E-state index in [0.717, 1.165) is 44.5 Å². The van der Waals surface area contributed by atoms with Crippen molar-refractivity contribution < 1.29 is 27.8 Å². The Bertz CT molecular complexity index is 1120. The largest absolute Gasteiger partial charge is 0.454 e. The van der Waals surface area contributed by atoms with E-state index in [9.17, 15) is 13.9 Å². The highest BCUT2D eigenvalue weighted by Gasteiger charge is 2.42. The van der Waals surface area contributed by atoms with E-state index < -0.39 is 30.9 Å². The van der Waals surface area contributed by atoms with Gasteiger partial charge in [-0.05, 0) is 56.0 Å². The predicted molar refractivity (Wildman–Crippen MR) is 134 cm³/mol. The molecule has 5 rings (SSSR count). The number of nitrogens with one attached hydrogen (secondary N) is 1. The molecule has 0 amide bonds. The minimum atomic E-state index is -3.34. The quantitative estimate of drug-likeness (QED) is 0.514. The zero-order valence-corrected chi connectivity index (χ0v) is 21.4. The summed E-state index contributed by atoms with van der Waals surface area (Å²) in [7, 11) is 0. The number of aromatic nitrogens is 1. The number of aliphatic hydroxyl groups excluding tert-OH is 1. The van der Waals surface area contributed by atoms with E-state index in [-0.39, 0.29) is 24.6 Å². The number of ether oxygens (including phenoxy) is 2. The van der Waals surface area contributed by atoms with Gasteiger partial charge in [-0.15, -0.1) is 0 Å². The molecule has 2 aromatic rings. The van der Waals surface area contributed by atoms with E-state index >= 15 is 4.39 Å². The molecule has 7 nitrogen and oxygen atoms in total. The topological polar surface area (TPSA) is 70.1 Å². The van der Waals surface area contributed by atoms with Gasteiger partial charge in [0.2, 0.25) is 6.79 Å². The van der Waals surface area contributed by atoms with Crippen molar-refractivity contribution in [1.82, 2.24) is 14.8 Å². The summed E-state index contributed by atoms with van der Waals surface area (Å²) in [5, 5.41) is 12.7. The minimum Gasteiger partial charge on any atom is -0.454 e. The first-order valence-electron chi connectivity index (χ1n) is 13.1. The Balaban J connectivity index is 1.44. The molecule has 0 unspecified atom stereocenters. The molecule has 37 heavy (non-hydrogen) atoms. The molecular weight excluding hydrogens is 485 g/mol. The molecule has 0 saturated carbocycles. The number of rotatable bonds is 9. The van der Waals surface area contributed by atoms with Crippen LogP contribution in [0.3, 0.4) is 0 Å². The maximum atomic E-state index is 15.7. The van der Waals surface area contributed by atoms with Crippen LogP contribution in [0.4, 0.5) is 18.9 Å². The van der Waals surface area contributed by atoms with Crippen molar-refractivity contribution in [3.8, 4) is 11.5 Å². The summed E-state index contributed by atoms with van der Waals surface area (Å²) in [6, 6.07) is 4.00. The van der Waals surface area contributed by atoms with E-state index in [2.05, 4.69) is 22.1 Å². The first kappa shape index (κ1) is 26.1. The third-order valence-electron chi connectivity index (χ3n) is 7.59. The molecule has 4 heterocycles. The van der Waals surface area contributed by atoms with Gasteiger partial charge in [-0.25, -0.2) is 13.2 Å². The first-order valence-corrected chi connectivity index (χ1v) is 13.1. The zero-order valence-electron chi connectivity index (χ0n) is 21.4. The molecule has 1 aromatic carbocycles. The molecule has 202 valence electrons. The number of hydrogen-bond acceptors (Lipinski definition) is 7. The lowest BCUT2D eigenvalue weighted by Crippen LogP contribution is -2.49. The van der Waals surface area contributed by atoms with Gasteiger partial charge in [0.1, 0.15) is 12.4 Å². The van der Waals surface area contributed by atoms with Crippen LogP contribution in [0.15, 0.2) is 24.4 Å². The second-order valence-electron chi connectivity index (χ2n) is 10.4. The standard InChI is InChI=1S/C27H35F3N4O3/c1-3-4-6-33-7-5-19(13-33)32-20-10-22(28)25(31-12-20)26-21-11-24-23(36-16-37-24)9-18(21)8-17(2)34(26)14-27(29,30)15-35/h9-12,17,19,26,32,35H,3-8,13-16H2,1-2H3/t17-,19+,26+/m1/s1. The molecular formula is C27H35F3N4O3. The average molecular weight is 521 g/mol. The van der Waals surface area contributed by atoms with Crippen LogP contribution in [-0.4, -0.2) is 77.5 Å². The molecule has 0 bridgehead atoms. The third kappa shape index (κ3) is 5.51. The van der Waals surface area contributed by atoms with Crippen molar-refractivity contribution in [3.63, 3.8) is 0 Å². The van der Waals surface area contributed by atoms with Crippen molar-refractivity contribution in [1.29, 1.82) is 0 Å². The number of aliphatic hydroxyl groups is 1. The summed E-state index contributed by atoms with van der Waals surface area (Å²) in [5.74, 6) is -2.81. The van der Waals surface area contributed by atoms with Crippen LogP contribution in [0.2, 0.25) is 0 Å². The molecule has 1 fully saturated rings. The molecule has 10 heteroatoms. The maximum Gasteiger partial charge on any atom is 0.283 e. The van der Waals surface area contributed by atoms with Gasteiger partial charge >= 0.3 is 0 Å².